The van der Waals surface area contributed by atoms with E-state index in [-0.39, 0.29) is 17.4 Å². The fourth-order valence-electron chi connectivity index (χ4n) is 2.01. The second-order valence-corrected chi connectivity index (χ2v) is 6.59. The maximum Gasteiger partial charge on any atom is 0.223 e. The number of amides is 1. The van der Waals surface area contributed by atoms with Crippen molar-refractivity contribution < 1.29 is 4.79 Å². The van der Waals surface area contributed by atoms with Gasteiger partial charge in [0, 0.05) is 33.1 Å². The van der Waals surface area contributed by atoms with Crippen LogP contribution in [0, 0.1) is 0 Å². The molecule has 3 heteroatoms. The van der Waals surface area contributed by atoms with Crippen LogP contribution < -0.4 is 5.32 Å². The van der Waals surface area contributed by atoms with Gasteiger partial charge in [-0.25, -0.2) is 0 Å². The summed E-state index contributed by atoms with van der Waals surface area (Å²) < 4.78 is 0. The molecule has 1 unspecified atom stereocenters. The molecule has 1 atom stereocenters. The quantitative estimate of drug-likeness (QED) is 0.896. The molecule has 0 bridgehead atoms. The van der Waals surface area contributed by atoms with Crippen molar-refractivity contribution in [3.63, 3.8) is 0 Å². The van der Waals surface area contributed by atoms with Gasteiger partial charge in [0.25, 0.3) is 0 Å². The van der Waals surface area contributed by atoms with E-state index in [0.29, 0.717) is 13.0 Å². The highest BCUT2D eigenvalue weighted by molar-refractivity contribution is 5.75. The van der Waals surface area contributed by atoms with Crippen molar-refractivity contribution in [2.24, 2.45) is 0 Å². The summed E-state index contributed by atoms with van der Waals surface area (Å²) in [6.45, 7) is 9.50. The molecule has 112 valence electrons. The van der Waals surface area contributed by atoms with Gasteiger partial charge in [0.1, 0.15) is 0 Å². The minimum atomic E-state index is 0.160. The Kier molecular flexibility index (Phi) is 5.75. The summed E-state index contributed by atoms with van der Waals surface area (Å²) in [5, 5.41) is 3.40. The van der Waals surface area contributed by atoms with E-state index in [1.165, 1.54) is 11.1 Å². The standard InChI is InChI=1S/C17H28N2O/c1-13(18-12-11-16(20)19(5)6)14-7-9-15(10-8-14)17(2,3)4/h7-10,13,18H,11-12H2,1-6H3. The van der Waals surface area contributed by atoms with Gasteiger partial charge in [-0.15, -0.1) is 0 Å². The number of carbonyl (C=O) groups excluding carboxylic acids is 1. The maximum atomic E-state index is 11.5. The molecule has 1 rings (SSSR count). The van der Waals surface area contributed by atoms with Gasteiger partial charge in [-0.3, -0.25) is 4.79 Å². The van der Waals surface area contributed by atoms with Crippen LogP contribution in [-0.4, -0.2) is 31.4 Å². The molecule has 0 saturated carbocycles. The average Bonchev–Trinajstić information content (AvgIpc) is 2.37. The van der Waals surface area contributed by atoms with E-state index in [1.807, 2.05) is 0 Å². The van der Waals surface area contributed by atoms with Gasteiger partial charge in [-0.1, -0.05) is 45.0 Å². The second kappa shape index (κ2) is 6.89. The van der Waals surface area contributed by atoms with Gasteiger partial charge >= 0.3 is 0 Å². The highest BCUT2D eigenvalue weighted by Crippen LogP contribution is 2.23. The molecule has 0 radical (unpaired) electrons. The van der Waals surface area contributed by atoms with Crippen LogP contribution in [0.25, 0.3) is 0 Å². The third kappa shape index (κ3) is 4.97. The van der Waals surface area contributed by atoms with Crippen molar-refractivity contribution in [2.45, 2.75) is 45.6 Å². The van der Waals surface area contributed by atoms with Crippen LogP contribution >= 0.6 is 0 Å². The molecular weight excluding hydrogens is 248 g/mol. The Morgan fingerprint density at radius 1 is 1.20 bits per heavy atom. The normalized spacial score (nSPS) is 13.1. The Hall–Kier alpha value is -1.35. The van der Waals surface area contributed by atoms with Crippen molar-refractivity contribution in [3.05, 3.63) is 35.4 Å². The lowest BCUT2D eigenvalue weighted by Gasteiger charge is -2.21. The largest absolute Gasteiger partial charge is 0.349 e. The molecule has 0 heterocycles. The molecule has 0 fully saturated rings. The zero-order valence-electron chi connectivity index (χ0n) is 13.7. The molecule has 0 aliphatic rings. The highest BCUT2D eigenvalue weighted by atomic mass is 16.2. The number of hydrogen-bond acceptors (Lipinski definition) is 2. The molecule has 0 aliphatic heterocycles. The third-order valence-electron chi connectivity index (χ3n) is 3.56. The van der Waals surface area contributed by atoms with Crippen molar-refractivity contribution in [2.75, 3.05) is 20.6 Å². The van der Waals surface area contributed by atoms with Crippen LogP contribution in [0.2, 0.25) is 0 Å². The van der Waals surface area contributed by atoms with Crippen LogP contribution in [0.3, 0.4) is 0 Å². The Bertz CT molecular complexity index is 429. The lowest BCUT2D eigenvalue weighted by atomic mass is 9.86. The monoisotopic (exact) mass is 276 g/mol. The molecular formula is C17H28N2O. The van der Waals surface area contributed by atoms with Crippen LogP contribution in [0.15, 0.2) is 24.3 Å². The average molecular weight is 276 g/mol. The maximum absolute atomic E-state index is 11.5. The number of carbonyl (C=O) groups is 1. The molecule has 3 nitrogen and oxygen atoms in total. The summed E-state index contributed by atoms with van der Waals surface area (Å²) in [5.74, 6) is 0.160. The van der Waals surface area contributed by atoms with Crippen LogP contribution in [-0.2, 0) is 10.2 Å². The van der Waals surface area contributed by atoms with E-state index in [4.69, 9.17) is 0 Å². The molecule has 0 aliphatic carbocycles. The van der Waals surface area contributed by atoms with Crippen LogP contribution in [0.1, 0.15) is 51.3 Å². The van der Waals surface area contributed by atoms with E-state index in [2.05, 4.69) is 57.3 Å². The molecule has 0 spiro atoms. The fraction of sp³-hybridized carbons (Fsp3) is 0.588. The van der Waals surface area contributed by atoms with Gasteiger partial charge in [-0.05, 0) is 23.5 Å². The number of nitrogens with zero attached hydrogens (tertiary/aromatic N) is 1. The predicted molar refractivity (Wildman–Crippen MR) is 84.9 cm³/mol. The molecule has 0 aromatic heterocycles. The third-order valence-corrected chi connectivity index (χ3v) is 3.56. The first-order chi connectivity index (χ1) is 9.21. The zero-order chi connectivity index (χ0) is 15.3. The number of benzene rings is 1. The summed E-state index contributed by atoms with van der Waals surface area (Å²) in [6, 6.07) is 8.99. The molecule has 1 amide bonds. The van der Waals surface area contributed by atoms with Crippen molar-refractivity contribution in [1.29, 1.82) is 0 Å². The van der Waals surface area contributed by atoms with Crippen molar-refractivity contribution in [1.82, 2.24) is 10.2 Å². The van der Waals surface area contributed by atoms with E-state index < -0.39 is 0 Å². The van der Waals surface area contributed by atoms with Gasteiger partial charge < -0.3 is 10.2 Å². The van der Waals surface area contributed by atoms with Crippen molar-refractivity contribution in [3.8, 4) is 0 Å². The summed E-state index contributed by atoms with van der Waals surface area (Å²) in [6.07, 6.45) is 0.539. The summed E-state index contributed by atoms with van der Waals surface area (Å²) in [5.41, 5.74) is 2.79. The second-order valence-electron chi connectivity index (χ2n) is 6.59. The van der Waals surface area contributed by atoms with Gasteiger partial charge in [0.05, 0.1) is 0 Å². The summed E-state index contributed by atoms with van der Waals surface area (Å²) in [7, 11) is 3.58. The van der Waals surface area contributed by atoms with Gasteiger partial charge in [0.15, 0.2) is 0 Å². The first kappa shape index (κ1) is 16.7. The lowest BCUT2D eigenvalue weighted by molar-refractivity contribution is -0.128. The SMILES string of the molecule is CC(NCCC(=O)N(C)C)c1ccc(C(C)(C)C)cc1. The minimum absolute atomic E-state index is 0.160. The topological polar surface area (TPSA) is 32.3 Å². The zero-order valence-corrected chi connectivity index (χ0v) is 13.7. The lowest BCUT2D eigenvalue weighted by Crippen LogP contribution is -2.28. The minimum Gasteiger partial charge on any atom is -0.349 e. The van der Waals surface area contributed by atoms with E-state index in [0.717, 1.165) is 0 Å². The molecule has 1 N–H and O–H groups in total. The van der Waals surface area contributed by atoms with Crippen molar-refractivity contribution >= 4 is 5.91 Å². The smallest absolute Gasteiger partial charge is 0.223 e. The summed E-state index contributed by atoms with van der Waals surface area (Å²) >= 11 is 0. The van der Waals surface area contributed by atoms with Crippen LogP contribution in [0.4, 0.5) is 0 Å². The first-order valence-corrected chi connectivity index (χ1v) is 7.26. The first-order valence-electron chi connectivity index (χ1n) is 7.26. The Morgan fingerprint density at radius 2 is 1.75 bits per heavy atom. The van der Waals surface area contributed by atoms with Gasteiger partial charge in [-0.2, -0.15) is 0 Å². The Balaban J connectivity index is 2.52. The predicted octanol–water partition coefficient (Wildman–Crippen LogP) is 3.11. The Labute approximate surface area is 123 Å². The van der Waals surface area contributed by atoms with E-state index >= 15 is 0 Å². The van der Waals surface area contributed by atoms with E-state index in [1.54, 1.807) is 19.0 Å². The number of nitrogens with one attached hydrogen (secondary N) is 1. The molecule has 0 saturated heterocycles. The van der Waals surface area contributed by atoms with E-state index in [9.17, 15) is 4.79 Å². The molecule has 1 aromatic carbocycles. The molecule has 1 aromatic rings. The number of hydrogen-bond donors (Lipinski definition) is 1. The van der Waals surface area contributed by atoms with Crippen LogP contribution in [0.5, 0.6) is 0 Å². The van der Waals surface area contributed by atoms with Gasteiger partial charge in [0.2, 0.25) is 5.91 Å². The fourth-order valence-corrected chi connectivity index (χ4v) is 2.01. The summed E-state index contributed by atoms with van der Waals surface area (Å²) in [4.78, 5) is 13.1. The molecule has 20 heavy (non-hydrogen) atoms. The Morgan fingerprint density at radius 3 is 2.20 bits per heavy atom. The highest BCUT2D eigenvalue weighted by Gasteiger charge is 2.14. The number of rotatable bonds is 5.